The Morgan fingerprint density at radius 3 is 2.17 bits per heavy atom. The van der Waals surface area contributed by atoms with Gasteiger partial charge in [0.1, 0.15) is 5.92 Å². The van der Waals surface area contributed by atoms with Gasteiger partial charge in [-0.25, -0.2) is 0 Å². The average Bonchev–Trinajstić information content (AvgIpc) is 2.85. The third-order valence-corrected chi connectivity index (χ3v) is 4.00. The molecule has 0 aromatic carbocycles. The van der Waals surface area contributed by atoms with Crippen LogP contribution < -0.4 is 11.5 Å². The average molecular weight is 339 g/mol. The van der Waals surface area contributed by atoms with Crippen molar-refractivity contribution in [2.75, 3.05) is 13.1 Å². The number of aliphatic carboxylic acids is 1. The number of hydrogen-bond acceptors (Lipinski definition) is 6. The van der Waals surface area contributed by atoms with Gasteiger partial charge in [0.25, 0.3) is 11.8 Å². The summed E-state index contributed by atoms with van der Waals surface area (Å²) in [6.45, 7) is 0.722. The van der Waals surface area contributed by atoms with Gasteiger partial charge in [-0.1, -0.05) is 12.8 Å². The van der Waals surface area contributed by atoms with Gasteiger partial charge in [0.2, 0.25) is 0 Å². The van der Waals surface area contributed by atoms with E-state index < -0.39 is 23.7 Å². The highest BCUT2D eigenvalue weighted by Crippen LogP contribution is 2.15. The van der Waals surface area contributed by atoms with Gasteiger partial charge in [0.05, 0.1) is 6.04 Å². The molecule has 0 saturated heterocycles. The lowest BCUT2D eigenvalue weighted by molar-refractivity contribution is -0.147. The largest absolute Gasteiger partial charge is 0.481 e. The number of carbonyl (C=O) groups is 4. The monoisotopic (exact) mass is 339 g/mol. The second-order valence-corrected chi connectivity index (χ2v) is 5.84. The van der Waals surface area contributed by atoms with Crippen LogP contribution in [0.5, 0.6) is 0 Å². The fourth-order valence-corrected chi connectivity index (χ4v) is 2.57. The number of unbranched alkanes of at least 4 members (excludes halogenated alkanes) is 2. The van der Waals surface area contributed by atoms with Gasteiger partial charge in [-0.3, -0.25) is 24.1 Å². The molecular formula is C16H25N3O5. The summed E-state index contributed by atoms with van der Waals surface area (Å²) in [6.07, 6.45) is 5.24. The summed E-state index contributed by atoms with van der Waals surface area (Å²) in [6, 6.07) is -0.802. The Labute approximate surface area is 140 Å². The second-order valence-electron chi connectivity index (χ2n) is 5.84. The maximum Gasteiger partial charge on any atom is 0.314 e. The molecule has 0 aliphatic carbocycles. The minimum atomic E-state index is -1.19. The molecule has 0 fully saturated rings. The normalized spacial score (nSPS) is 16.5. The predicted molar refractivity (Wildman–Crippen MR) is 86.7 cm³/mol. The molecule has 5 N–H and O–H groups in total. The summed E-state index contributed by atoms with van der Waals surface area (Å²) >= 11 is 0. The van der Waals surface area contributed by atoms with Gasteiger partial charge >= 0.3 is 5.97 Å². The minimum absolute atomic E-state index is 0.141. The Hall–Kier alpha value is -2.06. The van der Waals surface area contributed by atoms with Crippen molar-refractivity contribution in [1.29, 1.82) is 0 Å². The molecule has 0 aromatic heterocycles. The fraction of sp³-hybridized carbons (Fsp3) is 0.625. The Balaban J connectivity index is 2.40. The molecule has 0 aromatic rings. The first-order chi connectivity index (χ1) is 11.4. The van der Waals surface area contributed by atoms with E-state index in [0.717, 1.165) is 11.3 Å². The van der Waals surface area contributed by atoms with Crippen molar-refractivity contribution < 1.29 is 24.3 Å². The van der Waals surface area contributed by atoms with E-state index in [2.05, 4.69) is 0 Å². The lowest BCUT2D eigenvalue weighted by Gasteiger charge is -2.17. The third kappa shape index (κ3) is 5.86. The minimum Gasteiger partial charge on any atom is -0.481 e. The molecule has 134 valence electrons. The SMILES string of the molecule is NCCCC[C@H](N)C(=O)C(CCCCN1C(=O)C=CC1=O)C(=O)O. The smallest absolute Gasteiger partial charge is 0.314 e. The molecule has 0 bridgehead atoms. The molecule has 8 nitrogen and oxygen atoms in total. The standard InChI is InChI=1S/C16H25N3O5/c17-9-3-1-6-12(18)15(22)11(16(23)24)5-2-4-10-19-13(20)7-8-14(19)21/h7-8,11-12H,1-6,9-10,17-18H2,(H,23,24)/t11?,12-/m0/s1. The molecule has 0 radical (unpaired) electrons. The first kappa shape index (κ1) is 20.0. The van der Waals surface area contributed by atoms with E-state index in [9.17, 15) is 24.3 Å². The van der Waals surface area contributed by atoms with Gasteiger partial charge in [-0.15, -0.1) is 0 Å². The van der Waals surface area contributed by atoms with Crippen molar-refractivity contribution >= 4 is 23.6 Å². The van der Waals surface area contributed by atoms with Crippen LogP contribution in [0.2, 0.25) is 0 Å². The Morgan fingerprint density at radius 1 is 1.04 bits per heavy atom. The van der Waals surface area contributed by atoms with E-state index in [4.69, 9.17) is 11.5 Å². The Bertz CT molecular complexity index is 500. The number of amides is 2. The zero-order valence-electron chi connectivity index (χ0n) is 13.6. The van der Waals surface area contributed by atoms with Crippen LogP contribution in [0.25, 0.3) is 0 Å². The van der Waals surface area contributed by atoms with E-state index in [1.807, 2.05) is 0 Å². The number of rotatable bonds is 12. The van der Waals surface area contributed by atoms with E-state index in [1.165, 1.54) is 12.2 Å². The molecular weight excluding hydrogens is 314 g/mol. The van der Waals surface area contributed by atoms with Gasteiger partial charge in [0.15, 0.2) is 5.78 Å². The van der Waals surface area contributed by atoms with Crippen LogP contribution in [0.4, 0.5) is 0 Å². The van der Waals surface area contributed by atoms with Crippen molar-refractivity contribution in [2.45, 2.75) is 44.6 Å². The molecule has 2 amide bonds. The van der Waals surface area contributed by atoms with Crippen LogP contribution in [0.15, 0.2) is 12.2 Å². The van der Waals surface area contributed by atoms with Crippen molar-refractivity contribution in [3.8, 4) is 0 Å². The molecule has 8 heteroatoms. The number of hydrogen-bond donors (Lipinski definition) is 3. The van der Waals surface area contributed by atoms with Gasteiger partial charge in [-0.05, 0) is 32.2 Å². The number of imide groups is 1. The lowest BCUT2D eigenvalue weighted by Crippen LogP contribution is -2.39. The maximum atomic E-state index is 12.2. The first-order valence-corrected chi connectivity index (χ1v) is 8.14. The molecule has 24 heavy (non-hydrogen) atoms. The number of carbonyl (C=O) groups excluding carboxylic acids is 3. The Morgan fingerprint density at radius 2 is 1.62 bits per heavy atom. The topological polar surface area (TPSA) is 144 Å². The quantitative estimate of drug-likeness (QED) is 0.254. The highest BCUT2D eigenvalue weighted by atomic mass is 16.4. The van der Waals surface area contributed by atoms with Gasteiger partial charge < -0.3 is 16.6 Å². The predicted octanol–water partition coefficient (Wildman–Crippen LogP) is -0.192. The number of carboxylic acid groups (broad SMARTS) is 1. The van der Waals surface area contributed by atoms with Crippen LogP contribution >= 0.6 is 0 Å². The summed E-state index contributed by atoms with van der Waals surface area (Å²) in [5.41, 5.74) is 11.2. The maximum absolute atomic E-state index is 12.2. The molecule has 1 aliphatic heterocycles. The number of nitrogens with zero attached hydrogens (tertiary/aromatic N) is 1. The number of nitrogens with two attached hydrogens (primary N) is 2. The molecule has 1 aliphatic rings. The van der Waals surface area contributed by atoms with Crippen molar-refractivity contribution in [1.82, 2.24) is 4.90 Å². The van der Waals surface area contributed by atoms with Crippen molar-refractivity contribution in [2.24, 2.45) is 17.4 Å². The van der Waals surface area contributed by atoms with E-state index in [0.29, 0.717) is 32.2 Å². The van der Waals surface area contributed by atoms with E-state index >= 15 is 0 Å². The molecule has 0 saturated carbocycles. The molecule has 1 unspecified atom stereocenters. The van der Waals surface area contributed by atoms with Crippen LogP contribution in [-0.2, 0) is 19.2 Å². The highest BCUT2D eigenvalue weighted by molar-refractivity contribution is 6.12. The summed E-state index contributed by atoms with van der Waals surface area (Å²) < 4.78 is 0. The molecule has 1 heterocycles. The number of Topliss-reactive ketones (excluding diaryl/α,β-unsaturated/α-hetero) is 1. The first-order valence-electron chi connectivity index (χ1n) is 8.14. The molecule has 1 rings (SSSR count). The van der Waals surface area contributed by atoms with Crippen LogP contribution in [-0.4, -0.2) is 52.7 Å². The zero-order chi connectivity index (χ0) is 18.1. The van der Waals surface area contributed by atoms with Gasteiger partial charge in [-0.2, -0.15) is 0 Å². The van der Waals surface area contributed by atoms with E-state index in [-0.39, 0.29) is 24.8 Å². The van der Waals surface area contributed by atoms with Gasteiger partial charge in [0, 0.05) is 18.7 Å². The highest BCUT2D eigenvalue weighted by Gasteiger charge is 2.30. The summed E-state index contributed by atoms with van der Waals surface area (Å²) in [5, 5.41) is 9.23. The zero-order valence-corrected chi connectivity index (χ0v) is 13.6. The molecule has 0 spiro atoms. The number of carboxylic acids is 1. The third-order valence-electron chi connectivity index (χ3n) is 4.00. The van der Waals surface area contributed by atoms with Crippen LogP contribution in [0.1, 0.15) is 38.5 Å². The lowest BCUT2D eigenvalue weighted by atomic mass is 9.91. The Kier molecular flexibility index (Phi) is 8.28. The van der Waals surface area contributed by atoms with Crippen molar-refractivity contribution in [3.05, 3.63) is 12.2 Å². The summed E-state index contributed by atoms with van der Waals surface area (Å²) in [7, 11) is 0. The van der Waals surface area contributed by atoms with Crippen LogP contribution in [0, 0.1) is 5.92 Å². The summed E-state index contributed by atoms with van der Waals surface area (Å²) in [4.78, 5) is 47.3. The van der Waals surface area contributed by atoms with E-state index in [1.54, 1.807) is 0 Å². The molecule has 2 atom stereocenters. The van der Waals surface area contributed by atoms with Crippen LogP contribution in [0.3, 0.4) is 0 Å². The number of ketones is 1. The second kappa shape index (κ2) is 9.94. The van der Waals surface area contributed by atoms with Crippen molar-refractivity contribution in [3.63, 3.8) is 0 Å². The fourth-order valence-electron chi connectivity index (χ4n) is 2.57. The summed E-state index contributed by atoms with van der Waals surface area (Å²) in [5.74, 6) is -3.56.